The van der Waals surface area contributed by atoms with Crippen molar-refractivity contribution >= 4 is 34.8 Å². The normalized spacial score (nSPS) is 10.8. The highest BCUT2D eigenvalue weighted by Crippen LogP contribution is 2.28. The van der Waals surface area contributed by atoms with Gasteiger partial charge in [-0.25, -0.2) is 4.98 Å². The van der Waals surface area contributed by atoms with Crippen LogP contribution in [-0.4, -0.2) is 9.97 Å². The Morgan fingerprint density at radius 2 is 1.71 bits per heavy atom. The fraction of sp³-hybridized carbons (Fsp3) is 0.0625. The number of H-pyrrole nitrogens is 1. The average molecular weight is 338 g/mol. The van der Waals surface area contributed by atoms with Crippen LogP contribution in [0.4, 0.5) is 0 Å². The lowest BCUT2D eigenvalue weighted by atomic mass is 10.1. The number of halogens is 3. The Hall–Kier alpha value is -1.48. The first kappa shape index (κ1) is 14.5. The third kappa shape index (κ3) is 3.24. The zero-order valence-corrected chi connectivity index (χ0v) is 13.2. The fourth-order valence-electron chi connectivity index (χ4n) is 2.08. The lowest BCUT2D eigenvalue weighted by molar-refractivity contribution is 1.03. The molecule has 0 bridgehead atoms. The molecular formula is C16H11Cl3N2. The number of aromatic nitrogens is 2. The number of hydrogen-bond acceptors (Lipinski definition) is 1. The summed E-state index contributed by atoms with van der Waals surface area (Å²) in [5.74, 6) is 0.851. The maximum Gasteiger partial charge on any atom is 0.111 e. The summed E-state index contributed by atoms with van der Waals surface area (Å²) >= 11 is 18.1. The summed E-state index contributed by atoms with van der Waals surface area (Å²) in [6.07, 6.45) is 2.51. The Morgan fingerprint density at radius 1 is 0.905 bits per heavy atom. The monoisotopic (exact) mass is 336 g/mol. The SMILES string of the molecule is Clc1ccc(-c2c[nH]c(Cc3ccccc3Cl)n2)cc1Cl. The Bertz CT molecular complexity index is 781. The molecule has 106 valence electrons. The van der Waals surface area contributed by atoms with Crippen LogP contribution in [0.25, 0.3) is 11.3 Å². The first-order chi connectivity index (χ1) is 10.1. The van der Waals surface area contributed by atoms with E-state index in [1.807, 2.05) is 36.5 Å². The van der Waals surface area contributed by atoms with Crippen LogP contribution in [-0.2, 0) is 6.42 Å². The first-order valence-electron chi connectivity index (χ1n) is 6.36. The topological polar surface area (TPSA) is 28.7 Å². The molecule has 0 saturated carbocycles. The molecule has 0 unspecified atom stereocenters. The Labute approximate surface area is 137 Å². The maximum absolute atomic E-state index is 6.16. The quantitative estimate of drug-likeness (QED) is 0.659. The second-order valence-corrected chi connectivity index (χ2v) is 5.85. The molecule has 0 fully saturated rings. The molecular weight excluding hydrogens is 327 g/mol. The molecule has 2 aromatic carbocycles. The third-order valence-corrected chi connectivity index (χ3v) is 4.27. The minimum atomic E-state index is 0.518. The van der Waals surface area contributed by atoms with Crippen molar-refractivity contribution in [1.29, 1.82) is 0 Å². The molecule has 0 saturated heterocycles. The third-order valence-electron chi connectivity index (χ3n) is 3.16. The van der Waals surface area contributed by atoms with Crippen molar-refractivity contribution < 1.29 is 0 Å². The molecule has 3 aromatic rings. The Kier molecular flexibility index (Phi) is 4.20. The summed E-state index contributed by atoms with van der Waals surface area (Å²) in [4.78, 5) is 7.74. The molecule has 5 heteroatoms. The average Bonchev–Trinajstić information content (AvgIpc) is 2.93. The highest BCUT2D eigenvalue weighted by molar-refractivity contribution is 6.42. The molecule has 1 aromatic heterocycles. The van der Waals surface area contributed by atoms with Gasteiger partial charge in [0.2, 0.25) is 0 Å². The number of hydrogen-bond donors (Lipinski definition) is 1. The van der Waals surface area contributed by atoms with E-state index in [0.29, 0.717) is 16.5 Å². The van der Waals surface area contributed by atoms with Crippen molar-refractivity contribution in [1.82, 2.24) is 9.97 Å². The van der Waals surface area contributed by atoms with Crippen LogP contribution in [0.5, 0.6) is 0 Å². The van der Waals surface area contributed by atoms with Crippen molar-refractivity contribution in [2.45, 2.75) is 6.42 Å². The van der Waals surface area contributed by atoms with Crippen molar-refractivity contribution in [3.05, 3.63) is 75.1 Å². The van der Waals surface area contributed by atoms with Crippen LogP contribution < -0.4 is 0 Å². The second-order valence-electron chi connectivity index (χ2n) is 4.63. The lowest BCUT2D eigenvalue weighted by Gasteiger charge is -2.01. The summed E-state index contributed by atoms with van der Waals surface area (Å²) in [5.41, 5.74) is 2.79. The van der Waals surface area contributed by atoms with E-state index >= 15 is 0 Å². The van der Waals surface area contributed by atoms with Crippen LogP contribution in [0.1, 0.15) is 11.4 Å². The van der Waals surface area contributed by atoms with E-state index in [1.54, 1.807) is 12.1 Å². The van der Waals surface area contributed by atoms with Crippen LogP contribution in [0, 0.1) is 0 Å². The van der Waals surface area contributed by atoms with E-state index in [9.17, 15) is 0 Å². The van der Waals surface area contributed by atoms with E-state index in [2.05, 4.69) is 9.97 Å². The molecule has 1 N–H and O–H groups in total. The summed E-state index contributed by atoms with van der Waals surface area (Å²) in [6.45, 7) is 0. The van der Waals surface area contributed by atoms with Gasteiger partial charge in [0.05, 0.1) is 15.7 Å². The van der Waals surface area contributed by atoms with Crippen LogP contribution in [0.15, 0.2) is 48.7 Å². The highest BCUT2D eigenvalue weighted by Gasteiger charge is 2.08. The van der Waals surface area contributed by atoms with Crippen LogP contribution in [0.3, 0.4) is 0 Å². The van der Waals surface area contributed by atoms with Gasteiger partial charge in [0.1, 0.15) is 5.82 Å². The molecule has 0 amide bonds. The molecule has 0 radical (unpaired) electrons. The van der Waals surface area contributed by atoms with Gasteiger partial charge >= 0.3 is 0 Å². The number of benzene rings is 2. The highest BCUT2D eigenvalue weighted by atomic mass is 35.5. The van der Waals surface area contributed by atoms with Crippen molar-refractivity contribution in [2.75, 3.05) is 0 Å². The number of aromatic amines is 1. The van der Waals surface area contributed by atoms with Crippen LogP contribution >= 0.6 is 34.8 Å². The summed E-state index contributed by atoms with van der Waals surface area (Å²) in [5, 5.41) is 1.79. The standard InChI is InChI=1S/C16H11Cl3N2/c17-12-4-2-1-3-10(12)8-16-20-9-15(21-16)11-5-6-13(18)14(19)7-11/h1-7,9H,8H2,(H,20,21). The molecule has 0 aliphatic heterocycles. The van der Waals surface area contributed by atoms with Crippen molar-refractivity contribution in [3.8, 4) is 11.3 Å². The molecule has 21 heavy (non-hydrogen) atoms. The summed E-state index contributed by atoms with van der Waals surface area (Å²) in [6, 6.07) is 13.2. The first-order valence-corrected chi connectivity index (χ1v) is 7.50. The largest absolute Gasteiger partial charge is 0.348 e. The van der Waals surface area contributed by atoms with E-state index in [0.717, 1.165) is 27.7 Å². The van der Waals surface area contributed by atoms with Crippen molar-refractivity contribution in [3.63, 3.8) is 0 Å². The van der Waals surface area contributed by atoms with Gasteiger partial charge in [-0.05, 0) is 23.8 Å². The van der Waals surface area contributed by atoms with Gasteiger partial charge in [0.25, 0.3) is 0 Å². The zero-order valence-electron chi connectivity index (χ0n) is 10.9. The maximum atomic E-state index is 6.16. The number of nitrogens with zero attached hydrogens (tertiary/aromatic N) is 1. The van der Waals surface area contributed by atoms with Crippen molar-refractivity contribution in [2.24, 2.45) is 0 Å². The summed E-state index contributed by atoms with van der Waals surface area (Å²) < 4.78 is 0. The molecule has 1 heterocycles. The Morgan fingerprint density at radius 3 is 2.48 bits per heavy atom. The summed E-state index contributed by atoms with van der Waals surface area (Å²) in [7, 11) is 0. The van der Waals surface area contributed by atoms with Crippen LogP contribution in [0.2, 0.25) is 15.1 Å². The van der Waals surface area contributed by atoms with Gasteiger partial charge in [-0.2, -0.15) is 0 Å². The van der Waals surface area contributed by atoms with Gasteiger partial charge in [-0.1, -0.05) is 59.1 Å². The fourth-order valence-corrected chi connectivity index (χ4v) is 2.58. The smallest absolute Gasteiger partial charge is 0.111 e. The van der Waals surface area contributed by atoms with Gasteiger partial charge < -0.3 is 4.98 Å². The van der Waals surface area contributed by atoms with Gasteiger partial charge in [0.15, 0.2) is 0 Å². The van der Waals surface area contributed by atoms with E-state index in [1.165, 1.54) is 0 Å². The minimum Gasteiger partial charge on any atom is -0.348 e. The molecule has 2 nitrogen and oxygen atoms in total. The zero-order chi connectivity index (χ0) is 14.8. The van der Waals surface area contributed by atoms with E-state index < -0.39 is 0 Å². The number of rotatable bonds is 3. The predicted octanol–water partition coefficient (Wildman–Crippen LogP) is 5.63. The van der Waals surface area contributed by atoms with Gasteiger partial charge in [-0.15, -0.1) is 0 Å². The van der Waals surface area contributed by atoms with Gasteiger partial charge in [0, 0.05) is 23.2 Å². The van der Waals surface area contributed by atoms with Gasteiger partial charge in [-0.3, -0.25) is 0 Å². The number of nitrogens with one attached hydrogen (secondary N) is 1. The molecule has 0 aliphatic rings. The Balaban J connectivity index is 1.86. The van der Waals surface area contributed by atoms with E-state index in [4.69, 9.17) is 34.8 Å². The molecule has 0 atom stereocenters. The molecule has 0 aliphatic carbocycles. The molecule has 0 spiro atoms. The molecule has 3 rings (SSSR count). The lowest BCUT2D eigenvalue weighted by Crippen LogP contribution is -1.91. The number of imidazole rings is 1. The minimum absolute atomic E-state index is 0.518. The van der Waals surface area contributed by atoms with E-state index in [-0.39, 0.29) is 0 Å². The second kappa shape index (κ2) is 6.10. The predicted molar refractivity (Wildman–Crippen MR) is 88.3 cm³/mol.